The van der Waals surface area contributed by atoms with Gasteiger partial charge in [0, 0.05) is 17.6 Å². The molecule has 7 heteroatoms. The summed E-state index contributed by atoms with van der Waals surface area (Å²) in [5.41, 5.74) is 5.84. The molecule has 1 aromatic heterocycles. The highest BCUT2D eigenvalue weighted by atomic mass is 16.2. The standard InChI is InChI=1S/C13H16N4O3/c1-7-4-9(14)8(5-15-7)11(19)17-6-10(18)16-12(20)13(17,2)3/h4-5H,6H2,1-3H3,(H2,14,15)(H,16,18,20). The van der Waals surface area contributed by atoms with Crippen LogP contribution in [-0.4, -0.2) is 39.7 Å². The van der Waals surface area contributed by atoms with Gasteiger partial charge in [0.05, 0.1) is 5.56 Å². The van der Waals surface area contributed by atoms with Crippen molar-refractivity contribution in [3.8, 4) is 0 Å². The van der Waals surface area contributed by atoms with Gasteiger partial charge in [-0.15, -0.1) is 0 Å². The van der Waals surface area contributed by atoms with Gasteiger partial charge in [0.1, 0.15) is 12.1 Å². The highest BCUT2D eigenvalue weighted by molar-refractivity contribution is 6.10. The van der Waals surface area contributed by atoms with Crippen LogP contribution in [0.1, 0.15) is 29.9 Å². The van der Waals surface area contributed by atoms with Gasteiger partial charge in [-0.3, -0.25) is 24.7 Å². The number of carbonyl (C=O) groups is 3. The maximum absolute atomic E-state index is 12.5. The first-order valence-corrected chi connectivity index (χ1v) is 6.12. The Morgan fingerprint density at radius 2 is 2.10 bits per heavy atom. The van der Waals surface area contributed by atoms with Crippen molar-refractivity contribution in [2.45, 2.75) is 26.3 Å². The first kappa shape index (κ1) is 14.0. The molecule has 20 heavy (non-hydrogen) atoms. The van der Waals surface area contributed by atoms with Gasteiger partial charge in [-0.1, -0.05) is 0 Å². The van der Waals surface area contributed by atoms with Crippen molar-refractivity contribution < 1.29 is 14.4 Å². The quantitative estimate of drug-likeness (QED) is 0.694. The molecule has 0 radical (unpaired) electrons. The zero-order valence-electron chi connectivity index (χ0n) is 11.6. The van der Waals surface area contributed by atoms with Crippen molar-refractivity contribution in [2.75, 3.05) is 12.3 Å². The maximum atomic E-state index is 12.5. The number of nitrogens with two attached hydrogens (primary N) is 1. The molecule has 0 saturated carbocycles. The Kier molecular flexibility index (Phi) is 3.21. The summed E-state index contributed by atoms with van der Waals surface area (Å²) < 4.78 is 0. The van der Waals surface area contributed by atoms with Gasteiger partial charge in [-0.05, 0) is 26.8 Å². The number of hydrogen-bond donors (Lipinski definition) is 2. The summed E-state index contributed by atoms with van der Waals surface area (Å²) in [5.74, 6) is -1.51. The van der Waals surface area contributed by atoms with Crippen molar-refractivity contribution in [1.82, 2.24) is 15.2 Å². The van der Waals surface area contributed by atoms with E-state index in [1.165, 1.54) is 11.1 Å². The average Bonchev–Trinajstić information content (AvgIpc) is 2.33. The molecule has 0 bridgehead atoms. The van der Waals surface area contributed by atoms with E-state index in [-0.39, 0.29) is 17.8 Å². The van der Waals surface area contributed by atoms with E-state index in [1.807, 2.05) is 0 Å². The third-order valence-corrected chi connectivity index (χ3v) is 3.33. The van der Waals surface area contributed by atoms with Crippen LogP contribution in [0.15, 0.2) is 12.3 Å². The molecule has 106 valence electrons. The van der Waals surface area contributed by atoms with Crippen molar-refractivity contribution in [3.63, 3.8) is 0 Å². The number of anilines is 1. The molecule has 1 aliphatic rings. The first-order chi connectivity index (χ1) is 9.23. The van der Waals surface area contributed by atoms with Crippen molar-refractivity contribution in [1.29, 1.82) is 0 Å². The van der Waals surface area contributed by atoms with Crippen LogP contribution >= 0.6 is 0 Å². The molecular weight excluding hydrogens is 260 g/mol. The molecule has 0 spiro atoms. The van der Waals surface area contributed by atoms with Crippen LogP contribution < -0.4 is 11.1 Å². The fraction of sp³-hybridized carbons (Fsp3) is 0.385. The summed E-state index contributed by atoms with van der Waals surface area (Å²) in [4.78, 5) is 41.1. The number of imide groups is 1. The molecule has 0 aromatic carbocycles. The van der Waals surface area contributed by atoms with E-state index in [9.17, 15) is 14.4 Å². The molecule has 0 atom stereocenters. The Hall–Kier alpha value is -2.44. The van der Waals surface area contributed by atoms with E-state index in [0.29, 0.717) is 5.69 Å². The second-order valence-corrected chi connectivity index (χ2v) is 5.24. The minimum absolute atomic E-state index is 0.186. The Morgan fingerprint density at radius 3 is 2.70 bits per heavy atom. The van der Waals surface area contributed by atoms with E-state index < -0.39 is 23.3 Å². The van der Waals surface area contributed by atoms with Crippen LogP contribution in [-0.2, 0) is 9.59 Å². The lowest BCUT2D eigenvalue weighted by Gasteiger charge is -2.40. The third-order valence-electron chi connectivity index (χ3n) is 3.33. The number of carbonyl (C=O) groups excluding carboxylic acids is 3. The molecular formula is C13H16N4O3. The zero-order valence-corrected chi connectivity index (χ0v) is 11.6. The number of nitrogen functional groups attached to an aromatic ring is 1. The lowest BCUT2D eigenvalue weighted by atomic mass is 9.97. The topological polar surface area (TPSA) is 105 Å². The Morgan fingerprint density at radius 1 is 1.45 bits per heavy atom. The van der Waals surface area contributed by atoms with Gasteiger partial charge in [0.2, 0.25) is 5.91 Å². The summed E-state index contributed by atoms with van der Waals surface area (Å²) in [6.45, 7) is 4.71. The predicted molar refractivity (Wildman–Crippen MR) is 71.7 cm³/mol. The molecule has 0 aliphatic carbocycles. The second-order valence-electron chi connectivity index (χ2n) is 5.24. The summed E-state index contributed by atoms with van der Waals surface area (Å²) in [7, 11) is 0. The fourth-order valence-electron chi connectivity index (χ4n) is 2.01. The van der Waals surface area contributed by atoms with Crippen LogP contribution in [0.5, 0.6) is 0 Å². The van der Waals surface area contributed by atoms with Crippen LogP contribution in [0.4, 0.5) is 5.69 Å². The number of hydrogen-bond acceptors (Lipinski definition) is 5. The molecule has 7 nitrogen and oxygen atoms in total. The second kappa shape index (κ2) is 4.59. The summed E-state index contributed by atoms with van der Waals surface area (Å²) in [6, 6.07) is 1.58. The normalized spacial score (nSPS) is 17.9. The average molecular weight is 276 g/mol. The summed E-state index contributed by atoms with van der Waals surface area (Å²) in [5, 5.41) is 2.21. The number of pyridine rings is 1. The fourth-order valence-corrected chi connectivity index (χ4v) is 2.01. The predicted octanol–water partition coefficient (Wildman–Crippen LogP) is -0.151. The number of aromatic nitrogens is 1. The number of aryl methyl sites for hydroxylation is 1. The maximum Gasteiger partial charge on any atom is 0.258 e. The van der Waals surface area contributed by atoms with Gasteiger partial charge in [0.15, 0.2) is 0 Å². The molecule has 2 rings (SSSR count). The van der Waals surface area contributed by atoms with Gasteiger partial charge < -0.3 is 10.6 Å². The van der Waals surface area contributed by atoms with Gasteiger partial charge >= 0.3 is 0 Å². The van der Waals surface area contributed by atoms with Gasteiger partial charge in [-0.2, -0.15) is 0 Å². The Bertz CT molecular complexity index is 610. The van der Waals surface area contributed by atoms with Gasteiger partial charge in [0.25, 0.3) is 11.8 Å². The summed E-state index contributed by atoms with van der Waals surface area (Å²) in [6.07, 6.45) is 1.36. The molecule has 1 saturated heterocycles. The van der Waals surface area contributed by atoms with Crippen molar-refractivity contribution in [3.05, 3.63) is 23.5 Å². The minimum atomic E-state index is -1.12. The van der Waals surface area contributed by atoms with Crippen LogP contribution in [0.2, 0.25) is 0 Å². The van der Waals surface area contributed by atoms with Gasteiger partial charge in [-0.25, -0.2) is 0 Å². The molecule has 3 amide bonds. The minimum Gasteiger partial charge on any atom is -0.398 e. The highest BCUT2D eigenvalue weighted by Gasteiger charge is 2.44. The van der Waals surface area contributed by atoms with E-state index >= 15 is 0 Å². The summed E-state index contributed by atoms with van der Waals surface area (Å²) >= 11 is 0. The smallest absolute Gasteiger partial charge is 0.258 e. The number of rotatable bonds is 1. The number of piperazine rings is 1. The number of nitrogens with one attached hydrogen (secondary N) is 1. The molecule has 0 unspecified atom stereocenters. The van der Waals surface area contributed by atoms with E-state index in [1.54, 1.807) is 26.8 Å². The molecule has 1 fully saturated rings. The monoisotopic (exact) mass is 276 g/mol. The third kappa shape index (κ3) is 2.22. The zero-order chi connectivity index (χ0) is 15.1. The van der Waals surface area contributed by atoms with E-state index in [2.05, 4.69) is 10.3 Å². The Labute approximate surface area is 116 Å². The van der Waals surface area contributed by atoms with Crippen LogP contribution in [0.25, 0.3) is 0 Å². The number of amides is 3. The highest BCUT2D eigenvalue weighted by Crippen LogP contribution is 2.23. The molecule has 1 aliphatic heterocycles. The van der Waals surface area contributed by atoms with Crippen molar-refractivity contribution >= 4 is 23.4 Å². The molecule has 1 aromatic rings. The first-order valence-electron chi connectivity index (χ1n) is 6.12. The Balaban J connectivity index is 2.40. The lowest BCUT2D eigenvalue weighted by molar-refractivity contribution is -0.143. The largest absolute Gasteiger partial charge is 0.398 e. The van der Waals surface area contributed by atoms with E-state index in [0.717, 1.165) is 0 Å². The molecule has 3 N–H and O–H groups in total. The van der Waals surface area contributed by atoms with Crippen molar-refractivity contribution in [2.24, 2.45) is 0 Å². The lowest BCUT2D eigenvalue weighted by Crippen LogP contribution is -2.65. The SMILES string of the molecule is Cc1cc(N)c(C(=O)N2CC(=O)NC(=O)C2(C)C)cn1. The van der Waals surface area contributed by atoms with Crippen LogP contribution in [0.3, 0.4) is 0 Å². The van der Waals surface area contributed by atoms with E-state index in [4.69, 9.17) is 5.73 Å². The van der Waals surface area contributed by atoms with Crippen LogP contribution in [0, 0.1) is 6.92 Å². The molecule has 2 heterocycles. The number of nitrogens with zero attached hydrogens (tertiary/aromatic N) is 2.